The van der Waals surface area contributed by atoms with Crippen LogP contribution in [0, 0.1) is 0 Å². The van der Waals surface area contributed by atoms with E-state index >= 15 is 0 Å². The minimum absolute atomic E-state index is 0.215. The number of ether oxygens (including phenoxy) is 1. The Labute approximate surface area is 162 Å². The highest BCUT2D eigenvalue weighted by atomic mass is 35.5. The van der Waals surface area contributed by atoms with Gasteiger partial charge in [-0.2, -0.15) is 0 Å². The number of alkyl carbamates (subject to hydrolysis) is 1. The number of halogens is 2. The predicted molar refractivity (Wildman–Crippen MR) is 104 cm³/mol. The van der Waals surface area contributed by atoms with Crippen molar-refractivity contribution in [1.82, 2.24) is 15.2 Å². The topological polar surface area (TPSA) is 72.4 Å². The molecule has 0 fully saturated rings. The van der Waals surface area contributed by atoms with Crippen molar-refractivity contribution in [2.75, 3.05) is 13.1 Å². The van der Waals surface area contributed by atoms with Gasteiger partial charge in [-0.15, -0.1) is 0 Å². The molecule has 0 atom stereocenters. The predicted octanol–water partition coefficient (Wildman–Crippen LogP) is 4.13. The molecule has 26 heavy (non-hydrogen) atoms. The molecule has 0 bridgehead atoms. The third-order valence-electron chi connectivity index (χ3n) is 3.65. The monoisotopic (exact) mass is 399 g/mol. The van der Waals surface area contributed by atoms with Crippen molar-refractivity contribution in [2.45, 2.75) is 32.8 Å². The van der Waals surface area contributed by atoms with Gasteiger partial charge in [0.2, 0.25) is 0 Å². The lowest BCUT2D eigenvalue weighted by molar-refractivity contribution is 0.0527. The molecule has 2 rings (SSSR count). The lowest BCUT2D eigenvalue weighted by Gasteiger charge is -2.19. The summed E-state index contributed by atoms with van der Waals surface area (Å²) in [4.78, 5) is 23.9. The number of nitrogens with one attached hydrogen (secondary N) is 2. The fourth-order valence-electron chi connectivity index (χ4n) is 2.45. The summed E-state index contributed by atoms with van der Waals surface area (Å²) in [5.74, 6) is -0.215. The summed E-state index contributed by atoms with van der Waals surface area (Å²) < 4.78 is 6.91. The van der Waals surface area contributed by atoms with Crippen LogP contribution in [-0.2, 0) is 11.8 Å². The normalized spacial score (nSPS) is 11.5. The number of benzene rings is 1. The van der Waals surface area contributed by atoms with Gasteiger partial charge >= 0.3 is 6.09 Å². The average Bonchev–Trinajstić information content (AvgIpc) is 2.86. The number of carbonyl (C=O) groups is 2. The Balaban J connectivity index is 1.87. The molecule has 1 aromatic heterocycles. The first-order chi connectivity index (χ1) is 12.1. The van der Waals surface area contributed by atoms with Gasteiger partial charge in [0, 0.05) is 31.0 Å². The number of nitrogens with zero attached hydrogens (tertiary/aromatic N) is 1. The zero-order valence-corrected chi connectivity index (χ0v) is 16.8. The lowest BCUT2D eigenvalue weighted by atomic mass is 10.2. The Bertz CT molecular complexity index is 825. The van der Waals surface area contributed by atoms with E-state index in [4.69, 9.17) is 27.9 Å². The highest BCUT2D eigenvalue weighted by Crippen LogP contribution is 2.32. The second kappa shape index (κ2) is 8.18. The smallest absolute Gasteiger partial charge is 0.407 e. The largest absolute Gasteiger partial charge is 0.444 e. The van der Waals surface area contributed by atoms with Gasteiger partial charge in [0.1, 0.15) is 11.3 Å². The first-order valence-electron chi connectivity index (χ1n) is 8.28. The third kappa shape index (κ3) is 5.05. The number of fused-ring (bicyclic) bond motifs is 1. The molecule has 0 aliphatic heterocycles. The summed E-state index contributed by atoms with van der Waals surface area (Å²) in [6.45, 7) is 6.23. The maximum Gasteiger partial charge on any atom is 0.407 e. The number of rotatable bonds is 5. The zero-order valence-electron chi connectivity index (χ0n) is 15.3. The van der Waals surface area contributed by atoms with Gasteiger partial charge in [0.15, 0.2) is 0 Å². The van der Waals surface area contributed by atoms with Crippen LogP contribution in [0.2, 0.25) is 10.0 Å². The van der Waals surface area contributed by atoms with Crippen LogP contribution < -0.4 is 10.6 Å². The number of hydrogen-bond acceptors (Lipinski definition) is 3. The maximum absolute atomic E-state index is 12.4. The summed E-state index contributed by atoms with van der Waals surface area (Å²) in [5, 5.41) is 7.09. The van der Waals surface area contributed by atoms with Crippen LogP contribution >= 0.6 is 23.2 Å². The summed E-state index contributed by atoms with van der Waals surface area (Å²) >= 11 is 12.2. The van der Waals surface area contributed by atoms with E-state index < -0.39 is 11.7 Å². The van der Waals surface area contributed by atoms with Crippen molar-refractivity contribution in [1.29, 1.82) is 0 Å². The molecule has 1 heterocycles. The maximum atomic E-state index is 12.4. The standard InChI is InChI=1S/C18H23Cl2N3O3/c1-18(2,3)26-17(25)22-9-5-8-21-16(24)14-10-11-13(23(14)4)7-6-12(19)15(11)20/h6-7,10H,5,8-9H2,1-4H3,(H,21,24)(H,22,25). The molecule has 2 aromatic rings. The SMILES string of the molecule is Cn1c(C(=O)NCCCNC(=O)OC(C)(C)C)cc2c(Cl)c(Cl)ccc21. The molecule has 8 heteroatoms. The Morgan fingerprint density at radius 2 is 1.81 bits per heavy atom. The van der Waals surface area contributed by atoms with Gasteiger partial charge in [-0.3, -0.25) is 4.79 Å². The highest BCUT2D eigenvalue weighted by molar-refractivity contribution is 6.45. The van der Waals surface area contributed by atoms with Crippen LogP contribution in [0.15, 0.2) is 18.2 Å². The van der Waals surface area contributed by atoms with Gasteiger partial charge < -0.3 is 19.9 Å². The molecule has 2 N–H and O–H groups in total. The van der Waals surface area contributed by atoms with Crippen molar-refractivity contribution in [3.8, 4) is 0 Å². The molecular formula is C18H23Cl2N3O3. The molecule has 0 unspecified atom stereocenters. The fraction of sp³-hybridized carbons (Fsp3) is 0.444. The molecule has 0 spiro atoms. The second-order valence-electron chi connectivity index (χ2n) is 6.92. The van der Waals surface area contributed by atoms with E-state index in [2.05, 4.69) is 10.6 Å². The van der Waals surface area contributed by atoms with Crippen molar-refractivity contribution < 1.29 is 14.3 Å². The van der Waals surface area contributed by atoms with E-state index in [1.165, 1.54) is 0 Å². The minimum atomic E-state index is -0.531. The van der Waals surface area contributed by atoms with Crippen LogP contribution in [0.4, 0.5) is 4.79 Å². The fourth-order valence-corrected chi connectivity index (χ4v) is 2.83. The quantitative estimate of drug-likeness (QED) is 0.742. The molecule has 142 valence electrons. The van der Waals surface area contributed by atoms with E-state index in [-0.39, 0.29) is 5.91 Å². The van der Waals surface area contributed by atoms with Gasteiger partial charge in [0.25, 0.3) is 5.91 Å². The Kier molecular flexibility index (Phi) is 6.42. The third-order valence-corrected chi connectivity index (χ3v) is 4.47. The van der Waals surface area contributed by atoms with Crippen LogP contribution in [0.3, 0.4) is 0 Å². The molecule has 2 amide bonds. The van der Waals surface area contributed by atoms with Crippen molar-refractivity contribution in [3.05, 3.63) is 33.9 Å². The van der Waals surface area contributed by atoms with Crippen LogP contribution in [0.25, 0.3) is 10.9 Å². The van der Waals surface area contributed by atoms with Crippen LogP contribution in [-0.4, -0.2) is 35.3 Å². The Hall–Kier alpha value is -1.92. The van der Waals surface area contributed by atoms with Crippen molar-refractivity contribution >= 4 is 46.1 Å². The van der Waals surface area contributed by atoms with Gasteiger partial charge in [-0.05, 0) is 45.4 Å². The second-order valence-corrected chi connectivity index (χ2v) is 7.71. The lowest BCUT2D eigenvalue weighted by Crippen LogP contribution is -2.34. The van der Waals surface area contributed by atoms with E-state index in [1.807, 2.05) is 6.07 Å². The first-order valence-corrected chi connectivity index (χ1v) is 9.04. The highest BCUT2D eigenvalue weighted by Gasteiger charge is 2.17. The Morgan fingerprint density at radius 1 is 1.15 bits per heavy atom. The summed E-state index contributed by atoms with van der Waals surface area (Å²) in [6, 6.07) is 5.25. The molecule has 0 saturated carbocycles. The van der Waals surface area contributed by atoms with Crippen molar-refractivity contribution in [2.24, 2.45) is 7.05 Å². The molecule has 0 saturated heterocycles. The molecular weight excluding hydrogens is 377 g/mol. The first kappa shape index (κ1) is 20.4. The zero-order chi connectivity index (χ0) is 19.5. The van der Waals surface area contributed by atoms with E-state index in [1.54, 1.807) is 44.5 Å². The molecule has 0 radical (unpaired) electrons. The number of carbonyl (C=O) groups excluding carboxylic acids is 2. The van der Waals surface area contributed by atoms with E-state index in [9.17, 15) is 9.59 Å². The minimum Gasteiger partial charge on any atom is -0.444 e. The van der Waals surface area contributed by atoms with Gasteiger partial charge in [-0.25, -0.2) is 4.79 Å². The van der Waals surface area contributed by atoms with E-state index in [0.29, 0.717) is 35.2 Å². The summed E-state index contributed by atoms with van der Waals surface area (Å²) in [7, 11) is 1.80. The van der Waals surface area contributed by atoms with E-state index in [0.717, 1.165) is 10.9 Å². The molecule has 0 aliphatic carbocycles. The summed E-state index contributed by atoms with van der Waals surface area (Å²) in [6.07, 6.45) is 0.116. The van der Waals surface area contributed by atoms with Crippen LogP contribution in [0.1, 0.15) is 37.7 Å². The number of aromatic nitrogens is 1. The van der Waals surface area contributed by atoms with Crippen LogP contribution in [0.5, 0.6) is 0 Å². The molecule has 1 aromatic carbocycles. The molecule has 0 aliphatic rings. The average molecular weight is 400 g/mol. The van der Waals surface area contributed by atoms with Gasteiger partial charge in [-0.1, -0.05) is 23.2 Å². The molecule has 6 nitrogen and oxygen atoms in total. The Morgan fingerprint density at radius 3 is 2.46 bits per heavy atom. The summed E-state index contributed by atoms with van der Waals surface area (Å²) in [5.41, 5.74) is 0.789. The number of amides is 2. The van der Waals surface area contributed by atoms with Crippen molar-refractivity contribution in [3.63, 3.8) is 0 Å². The number of hydrogen-bond donors (Lipinski definition) is 2. The number of aryl methyl sites for hydroxylation is 1. The van der Waals surface area contributed by atoms with Gasteiger partial charge in [0.05, 0.1) is 10.0 Å².